The highest BCUT2D eigenvalue weighted by atomic mass is 35.5. The van der Waals surface area contributed by atoms with Crippen molar-refractivity contribution >= 4 is 41.2 Å². The zero-order chi connectivity index (χ0) is 28.4. The largest absolute Gasteiger partial charge is 0.513 e. The Morgan fingerprint density at radius 1 is 0.872 bits per heavy atom. The summed E-state index contributed by atoms with van der Waals surface area (Å²) in [4.78, 5) is 36.8. The van der Waals surface area contributed by atoms with Gasteiger partial charge < -0.3 is 19.5 Å². The van der Waals surface area contributed by atoms with E-state index in [4.69, 9.17) is 33.0 Å². The molecule has 9 heteroatoms. The van der Waals surface area contributed by atoms with Crippen LogP contribution >= 0.6 is 23.2 Å². The predicted molar refractivity (Wildman–Crippen MR) is 151 cm³/mol. The van der Waals surface area contributed by atoms with E-state index in [2.05, 4.69) is 4.74 Å². The number of carbonyl (C=O) groups is 3. The Hall–Kier alpha value is -3.55. The van der Waals surface area contributed by atoms with Crippen LogP contribution in [0, 0.1) is 0 Å². The average molecular weight is 572 g/mol. The molecule has 0 atom stereocenters. The summed E-state index contributed by atoms with van der Waals surface area (Å²) in [5.74, 6) is -0.124. The quantitative estimate of drug-likeness (QED) is 0.135. The Morgan fingerprint density at radius 3 is 2.26 bits per heavy atom. The molecule has 39 heavy (non-hydrogen) atoms. The number of ether oxygens (including phenoxy) is 2. The monoisotopic (exact) mass is 571 g/mol. The number of unbranched alkanes of at least 4 members (excludes halogenated alkanes) is 2. The van der Waals surface area contributed by atoms with Gasteiger partial charge in [-0.25, -0.2) is 4.79 Å². The van der Waals surface area contributed by atoms with Crippen LogP contribution in [0.25, 0.3) is 11.1 Å². The second-order valence-corrected chi connectivity index (χ2v) is 10.1. The summed E-state index contributed by atoms with van der Waals surface area (Å²) in [6, 6.07) is 20.5. The number of halogens is 2. The lowest BCUT2D eigenvalue weighted by Crippen LogP contribution is -2.36. The summed E-state index contributed by atoms with van der Waals surface area (Å²) >= 11 is 12.2. The van der Waals surface area contributed by atoms with Crippen LogP contribution in [0.3, 0.4) is 0 Å². The molecular formula is C30H31Cl2NO6. The second kappa shape index (κ2) is 14.6. The predicted octanol–water partition coefficient (Wildman–Crippen LogP) is 7.87. The molecule has 206 valence electrons. The van der Waals surface area contributed by atoms with E-state index < -0.39 is 12.1 Å². The van der Waals surface area contributed by atoms with E-state index in [1.807, 2.05) is 73.3 Å². The van der Waals surface area contributed by atoms with E-state index in [-0.39, 0.29) is 18.4 Å². The van der Waals surface area contributed by atoms with Gasteiger partial charge in [-0.15, -0.1) is 0 Å². The highest BCUT2D eigenvalue weighted by Gasteiger charge is 2.19. The zero-order valence-corrected chi connectivity index (χ0v) is 23.4. The van der Waals surface area contributed by atoms with Crippen LogP contribution < -0.4 is 4.74 Å². The van der Waals surface area contributed by atoms with Crippen LogP contribution in [0.15, 0.2) is 66.7 Å². The third-order valence-corrected chi connectivity index (χ3v) is 6.75. The molecule has 1 N–H and O–H groups in total. The first-order valence-electron chi connectivity index (χ1n) is 12.7. The van der Waals surface area contributed by atoms with E-state index in [0.29, 0.717) is 53.8 Å². The number of carbonyl (C=O) groups excluding carboxylic acids is 2. The molecule has 0 bridgehead atoms. The summed E-state index contributed by atoms with van der Waals surface area (Å²) in [5, 5.41) is 9.39. The van der Waals surface area contributed by atoms with E-state index >= 15 is 0 Å². The SMILES string of the molecule is CC(C)N(Cc1cccc(OCCCCCC(=O)OC(=O)O)c1)C(=O)c1ccc(-c2ccc(Cl)c(Cl)c2)cc1. The molecule has 0 heterocycles. The highest BCUT2D eigenvalue weighted by molar-refractivity contribution is 6.42. The van der Waals surface area contributed by atoms with Crippen molar-refractivity contribution in [3.63, 3.8) is 0 Å². The smallest absolute Gasteiger partial charge is 0.494 e. The molecule has 1 amide bonds. The molecule has 0 aliphatic rings. The third-order valence-electron chi connectivity index (χ3n) is 6.02. The lowest BCUT2D eigenvalue weighted by atomic mass is 10.0. The third kappa shape index (κ3) is 9.30. The average Bonchev–Trinajstić information content (AvgIpc) is 2.90. The molecule has 0 spiro atoms. The number of esters is 1. The van der Waals surface area contributed by atoms with Crippen LogP contribution in [-0.4, -0.2) is 40.7 Å². The number of carboxylic acid groups (broad SMARTS) is 1. The maximum atomic E-state index is 13.4. The molecule has 0 aliphatic heterocycles. The first-order valence-corrected chi connectivity index (χ1v) is 13.4. The Labute approximate surface area is 238 Å². The minimum absolute atomic E-state index is 0.0235. The van der Waals surface area contributed by atoms with Gasteiger partial charge in [0.05, 0.1) is 16.7 Å². The molecule has 7 nitrogen and oxygen atoms in total. The Balaban J connectivity index is 1.56. The van der Waals surface area contributed by atoms with Gasteiger partial charge in [-0.3, -0.25) is 9.59 Å². The number of hydrogen-bond donors (Lipinski definition) is 1. The molecular weight excluding hydrogens is 541 g/mol. The molecule has 3 rings (SSSR count). The minimum atomic E-state index is -1.58. The summed E-state index contributed by atoms with van der Waals surface area (Å²) in [5.41, 5.74) is 3.39. The fourth-order valence-corrected chi connectivity index (χ4v) is 4.25. The molecule has 0 fully saturated rings. The molecule has 0 radical (unpaired) electrons. The summed E-state index contributed by atoms with van der Waals surface area (Å²) in [7, 11) is 0. The maximum Gasteiger partial charge on any atom is 0.513 e. The van der Waals surface area contributed by atoms with Gasteiger partial charge in [0.15, 0.2) is 0 Å². The normalized spacial score (nSPS) is 10.8. The first-order chi connectivity index (χ1) is 18.6. The molecule has 0 saturated carbocycles. The minimum Gasteiger partial charge on any atom is -0.494 e. The van der Waals surface area contributed by atoms with Crippen molar-refractivity contribution < 1.29 is 29.0 Å². The van der Waals surface area contributed by atoms with Crippen molar-refractivity contribution in [3.8, 4) is 16.9 Å². The lowest BCUT2D eigenvalue weighted by molar-refractivity contribution is -0.139. The zero-order valence-electron chi connectivity index (χ0n) is 21.9. The van der Waals surface area contributed by atoms with E-state index in [9.17, 15) is 14.4 Å². The fourth-order valence-electron chi connectivity index (χ4n) is 3.95. The van der Waals surface area contributed by atoms with Crippen molar-refractivity contribution in [1.29, 1.82) is 0 Å². The van der Waals surface area contributed by atoms with E-state index in [1.165, 1.54) is 0 Å². The van der Waals surface area contributed by atoms with Crippen LogP contribution in [-0.2, 0) is 16.1 Å². The van der Waals surface area contributed by atoms with Crippen molar-refractivity contribution in [2.45, 2.75) is 52.1 Å². The van der Waals surface area contributed by atoms with Crippen LogP contribution in [0.5, 0.6) is 5.75 Å². The van der Waals surface area contributed by atoms with Gasteiger partial charge in [-0.1, -0.05) is 53.5 Å². The second-order valence-electron chi connectivity index (χ2n) is 9.28. The van der Waals surface area contributed by atoms with Gasteiger partial charge in [-0.2, -0.15) is 0 Å². The Kier molecular flexibility index (Phi) is 11.2. The number of rotatable bonds is 12. The van der Waals surface area contributed by atoms with Crippen molar-refractivity contribution in [3.05, 3.63) is 87.9 Å². The van der Waals surface area contributed by atoms with Gasteiger partial charge in [0.1, 0.15) is 5.75 Å². The Morgan fingerprint density at radius 2 is 1.59 bits per heavy atom. The molecule has 3 aromatic rings. The lowest BCUT2D eigenvalue weighted by Gasteiger charge is -2.27. The standard InChI is InChI=1S/C30H31Cl2NO6/c1-20(2)33(29(35)23-12-10-22(11-13-23)24-14-15-26(31)27(32)18-24)19-21-7-6-8-25(17-21)38-16-5-3-4-9-28(34)39-30(36)37/h6-8,10-15,17-18,20H,3-5,9,16,19H2,1-2H3,(H,36,37). The van der Waals surface area contributed by atoms with E-state index in [0.717, 1.165) is 16.7 Å². The number of hydrogen-bond acceptors (Lipinski definition) is 5. The molecule has 0 aliphatic carbocycles. The Bertz CT molecular complexity index is 1290. The van der Waals surface area contributed by atoms with Gasteiger partial charge in [-0.05, 0) is 86.2 Å². The summed E-state index contributed by atoms with van der Waals surface area (Å²) in [6.45, 7) is 4.84. The number of benzene rings is 3. The highest BCUT2D eigenvalue weighted by Crippen LogP contribution is 2.29. The van der Waals surface area contributed by atoms with Crippen LogP contribution in [0.2, 0.25) is 10.0 Å². The van der Waals surface area contributed by atoms with Gasteiger partial charge >= 0.3 is 12.1 Å². The molecule has 3 aromatic carbocycles. The summed E-state index contributed by atoms with van der Waals surface area (Å²) in [6.07, 6.45) is 0.403. The summed E-state index contributed by atoms with van der Waals surface area (Å²) < 4.78 is 9.92. The van der Waals surface area contributed by atoms with Gasteiger partial charge in [0, 0.05) is 24.6 Å². The number of amides is 1. The van der Waals surface area contributed by atoms with Crippen molar-refractivity contribution in [2.75, 3.05) is 6.61 Å². The maximum absolute atomic E-state index is 13.4. The number of nitrogens with zero attached hydrogens (tertiary/aromatic N) is 1. The van der Waals surface area contributed by atoms with Crippen molar-refractivity contribution in [2.24, 2.45) is 0 Å². The van der Waals surface area contributed by atoms with E-state index in [1.54, 1.807) is 12.1 Å². The topological polar surface area (TPSA) is 93.1 Å². The molecule has 0 unspecified atom stereocenters. The van der Waals surface area contributed by atoms with Crippen molar-refractivity contribution in [1.82, 2.24) is 4.90 Å². The molecule has 0 aromatic heterocycles. The van der Waals surface area contributed by atoms with Crippen LogP contribution in [0.4, 0.5) is 4.79 Å². The van der Waals surface area contributed by atoms with Crippen LogP contribution in [0.1, 0.15) is 55.5 Å². The fraction of sp³-hybridized carbons (Fsp3) is 0.300. The first kappa shape index (κ1) is 30.0. The van der Waals surface area contributed by atoms with Gasteiger partial charge in [0.2, 0.25) is 0 Å². The van der Waals surface area contributed by atoms with Gasteiger partial charge in [0.25, 0.3) is 5.91 Å². The molecule has 0 saturated heterocycles.